The van der Waals surface area contributed by atoms with Crippen molar-refractivity contribution in [1.29, 1.82) is 0 Å². The van der Waals surface area contributed by atoms with E-state index in [0.29, 0.717) is 25.2 Å². The first-order valence-electron chi connectivity index (χ1n) is 9.09. The van der Waals surface area contributed by atoms with Gasteiger partial charge in [-0.05, 0) is 25.3 Å². The molecule has 3 heterocycles. The van der Waals surface area contributed by atoms with E-state index in [1.807, 2.05) is 13.0 Å². The normalized spacial score (nSPS) is 18.3. The summed E-state index contributed by atoms with van der Waals surface area (Å²) < 4.78 is 27.9. The molecule has 1 atom stereocenters. The van der Waals surface area contributed by atoms with Gasteiger partial charge in [0.1, 0.15) is 18.7 Å². The Hall–Kier alpha value is -2.33. The number of nitrogens with one attached hydrogen (secondary N) is 1. The fourth-order valence-corrected chi connectivity index (χ4v) is 5.01. The molecule has 9 nitrogen and oxygen atoms in total. The summed E-state index contributed by atoms with van der Waals surface area (Å²) in [6, 6.07) is 2.97. The smallest absolute Gasteiger partial charge is 0.238 e. The van der Waals surface area contributed by atoms with E-state index in [9.17, 15) is 13.2 Å². The highest BCUT2D eigenvalue weighted by molar-refractivity contribution is 7.89. The molecule has 1 unspecified atom stereocenters. The van der Waals surface area contributed by atoms with Crippen LogP contribution in [0.3, 0.4) is 0 Å². The van der Waals surface area contributed by atoms with Crippen LogP contribution in [-0.4, -0.2) is 56.7 Å². The molecule has 3 rings (SSSR count). The number of aromatic nitrogens is 4. The number of pyridine rings is 1. The molecule has 1 saturated heterocycles. The van der Waals surface area contributed by atoms with Gasteiger partial charge in [-0.25, -0.2) is 23.1 Å². The predicted octanol–water partition coefficient (Wildman–Crippen LogP) is 0.873. The maximum atomic E-state index is 12.8. The van der Waals surface area contributed by atoms with E-state index in [1.54, 1.807) is 12.3 Å². The van der Waals surface area contributed by atoms with Crippen LogP contribution in [0.15, 0.2) is 31.0 Å². The summed E-state index contributed by atoms with van der Waals surface area (Å²) in [6.45, 7) is 2.46. The van der Waals surface area contributed by atoms with Crippen molar-refractivity contribution in [3.05, 3.63) is 36.5 Å². The summed E-state index contributed by atoms with van der Waals surface area (Å²) in [4.78, 5) is 21.0. The van der Waals surface area contributed by atoms with Gasteiger partial charge in [0.15, 0.2) is 5.82 Å². The van der Waals surface area contributed by atoms with Crippen molar-refractivity contribution in [2.45, 2.75) is 45.2 Å². The van der Waals surface area contributed by atoms with Crippen LogP contribution in [0.2, 0.25) is 0 Å². The lowest BCUT2D eigenvalue weighted by Gasteiger charge is -2.33. The summed E-state index contributed by atoms with van der Waals surface area (Å²) in [7, 11) is -3.42. The maximum absolute atomic E-state index is 12.8. The van der Waals surface area contributed by atoms with Crippen LogP contribution < -0.4 is 5.32 Å². The summed E-state index contributed by atoms with van der Waals surface area (Å²) in [6.07, 6.45) is 7.28. The zero-order valence-corrected chi connectivity index (χ0v) is 16.1. The van der Waals surface area contributed by atoms with Crippen LogP contribution in [0.5, 0.6) is 0 Å². The zero-order valence-electron chi connectivity index (χ0n) is 15.3. The quantitative estimate of drug-likeness (QED) is 0.749. The predicted molar refractivity (Wildman–Crippen MR) is 99.4 cm³/mol. The second-order valence-electron chi connectivity index (χ2n) is 6.48. The van der Waals surface area contributed by atoms with Gasteiger partial charge in [-0.15, -0.1) is 0 Å². The molecule has 0 aromatic carbocycles. The van der Waals surface area contributed by atoms with Crippen LogP contribution in [0.1, 0.15) is 38.2 Å². The van der Waals surface area contributed by atoms with E-state index in [2.05, 4.69) is 20.4 Å². The molecule has 2 aromatic rings. The molecule has 1 aliphatic rings. The molecule has 1 aliphatic heterocycles. The molecule has 0 bridgehead atoms. The van der Waals surface area contributed by atoms with Gasteiger partial charge < -0.3 is 5.32 Å². The fourth-order valence-electron chi connectivity index (χ4n) is 3.27. The largest absolute Gasteiger partial charge is 0.350 e. The van der Waals surface area contributed by atoms with Crippen LogP contribution in [0.25, 0.3) is 5.82 Å². The van der Waals surface area contributed by atoms with Gasteiger partial charge in [0.2, 0.25) is 15.9 Å². The van der Waals surface area contributed by atoms with Crippen molar-refractivity contribution < 1.29 is 13.2 Å². The number of nitrogens with zero attached hydrogens (tertiary/aromatic N) is 5. The Labute approximate surface area is 158 Å². The Kier molecular flexibility index (Phi) is 6.17. The number of piperidine rings is 1. The van der Waals surface area contributed by atoms with Crippen molar-refractivity contribution in [2.75, 3.05) is 12.3 Å². The Bertz CT molecular complexity index is 869. The highest BCUT2D eigenvalue weighted by Gasteiger charge is 2.36. The summed E-state index contributed by atoms with van der Waals surface area (Å²) >= 11 is 0. The van der Waals surface area contributed by atoms with Crippen molar-refractivity contribution in [1.82, 2.24) is 29.4 Å². The minimum absolute atomic E-state index is 0.0653. The number of sulfonamides is 1. The molecule has 146 valence electrons. The van der Waals surface area contributed by atoms with Crippen LogP contribution in [0, 0.1) is 0 Å². The number of rotatable bonds is 7. The number of carbonyl (C=O) groups excluding carboxylic acids is 1. The van der Waals surface area contributed by atoms with Crippen molar-refractivity contribution in [3.63, 3.8) is 0 Å². The minimum Gasteiger partial charge on any atom is -0.350 e. The van der Waals surface area contributed by atoms with Gasteiger partial charge in [0.05, 0.1) is 5.75 Å². The van der Waals surface area contributed by atoms with Gasteiger partial charge in [-0.3, -0.25) is 4.79 Å². The van der Waals surface area contributed by atoms with E-state index in [-0.39, 0.29) is 18.2 Å². The molecule has 1 amide bonds. The molecule has 0 radical (unpaired) electrons. The van der Waals surface area contributed by atoms with Crippen LogP contribution in [-0.2, 0) is 21.4 Å². The van der Waals surface area contributed by atoms with Gasteiger partial charge in [0, 0.05) is 24.8 Å². The lowest BCUT2D eigenvalue weighted by molar-refractivity contribution is -0.125. The topological polar surface area (TPSA) is 110 Å². The average Bonchev–Trinajstić information content (AvgIpc) is 3.21. The average molecular weight is 392 g/mol. The zero-order chi connectivity index (χ0) is 19.3. The summed E-state index contributed by atoms with van der Waals surface area (Å²) in [5, 5.41) is 6.94. The van der Waals surface area contributed by atoms with Crippen molar-refractivity contribution in [3.8, 4) is 5.82 Å². The lowest BCUT2D eigenvalue weighted by Crippen LogP contribution is -2.52. The molecule has 1 fully saturated rings. The van der Waals surface area contributed by atoms with E-state index < -0.39 is 16.1 Å². The second-order valence-corrected chi connectivity index (χ2v) is 8.52. The van der Waals surface area contributed by atoms with Crippen LogP contribution in [0.4, 0.5) is 0 Å². The molecule has 27 heavy (non-hydrogen) atoms. The third kappa shape index (κ3) is 4.51. The standard InChI is InChI=1S/C17H24N6O3S/c1-2-10-27(25,26)23-9-4-3-7-15(23)17(24)20-11-14-6-5-8-19-16(14)22-13-18-12-21-22/h5-6,8,12-13,15H,2-4,7,9-11H2,1H3,(H,20,24). The highest BCUT2D eigenvalue weighted by atomic mass is 32.2. The molecule has 10 heteroatoms. The van der Waals surface area contributed by atoms with E-state index in [4.69, 9.17) is 0 Å². The van der Waals surface area contributed by atoms with Gasteiger partial charge in [-0.1, -0.05) is 19.4 Å². The number of hydrogen-bond donors (Lipinski definition) is 1. The van der Waals surface area contributed by atoms with Gasteiger partial charge in [-0.2, -0.15) is 9.40 Å². The summed E-state index contributed by atoms with van der Waals surface area (Å²) in [5.41, 5.74) is 0.773. The monoisotopic (exact) mass is 392 g/mol. The molecule has 0 spiro atoms. The lowest BCUT2D eigenvalue weighted by atomic mass is 10.0. The van der Waals surface area contributed by atoms with E-state index in [0.717, 1.165) is 18.4 Å². The third-order valence-electron chi connectivity index (χ3n) is 4.53. The Morgan fingerprint density at radius 3 is 2.96 bits per heavy atom. The second kappa shape index (κ2) is 8.57. The molecular formula is C17H24N6O3S. The first kappa shape index (κ1) is 19.4. The van der Waals surface area contributed by atoms with E-state index in [1.165, 1.54) is 21.6 Å². The molecule has 0 saturated carbocycles. The Morgan fingerprint density at radius 1 is 1.37 bits per heavy atom. The van der Waals surface area contributed by atoms with E-state index >= 15 is 0 Å². The van der Waals surface area contributed by atoms with Gasteiger partial charge in [0.25, 0.3) is 0 Å². The Balaban J connectivity index is 1.72. The molecule has 0 aliphatic carbocycles. The Morgan fingerprint density at radius 2 is 2.22 bits per heavy atom. The van der Waals surface area contributed by atoms with Crippen molar-refractivity contribution in [2.24, 2.45) is 0 Å². The molecule has 2 aromatic heterocycles. The molecule has 1 N–H and O–H groups in total. The fraction of sp³-hybridized carbons (Fsp3) is 0.529. The first-order valence-corrected chi connectivity index (χ1v) is 10.7. The first-order chi connectivity index (χ1) is 13.0. The minimum atomic E-state index is -3.42. The number of hydrogen-bond acceptors (Lipinski definition) is 6. The third-order valence-corrected chi connectivity index (χ3v) is 6.61. The highest BCUT2D eigenvalue weighted by Crippen LogP contribution is 2.22. The van der Waals surface area contributed by atoms with Crippen LogP contribution >= 0.6 is 0 Å². The number of amides is 1. The molecular weight excluding hydrogens is 368 g/mol. The van der Waals surface area contributed by atoms with Crippen molar-refractivity contribution >= 4 is 15.9 Å². The number of carbonyl (C=O) groups is 1. The summed E-state index contributed by atoms with van der Waals surface area (Å²) in [5.74, 6) is 0.368. The van der Waals surface area contributed by atoms with Gasteiger partial charge >= 0.3 is 0 Å². The SMILES string of the molecule is CCCS(=O)(=O)N1CCCCC1C(=O)NCc1cccnc1-n1cncn1. The maximum Gasteiger partial charge on any atom is 0.238 e.